The summed E-state index contributed by atoms with van der Waals surface area (Å²) in [6, 6.07) is 16.9. The van der Waals surface area contributed by atoms with Crippen LogP contribution in [0.2, 0.25) is 0 Å². The number of carbonyl (C=O) groups is 1. The van der Waals surface area contributed by atoms with Gasteiger partial charge in [-0.3, -0.25) is 4.79 Å². The van der Waals surface area contributed by atoms with E-state index in [4.69, 9.17) is 13.9 Å². The summed E-state index contributed by atoms with van der Waals surface area (Å²) >= 11 is 0. The molecule has 1 aliphatic heterocycles. The van der Waals surface area contributed by atoms with Crippen LogP contribution in [-0.2, 0) is 27.8 Å². The number of hydrogen-bond donors (Lipinski definition) is 1. The molecule has 0 saturated carbocycles. The van der Waals surface area contributed by atoms with Crippen LogP contribution in [-0.4, -0.2) is 45.6 Å². The molecular formula is C25H28N2O6S. The third-order valence-electron chi connectivity index (χ3n) is 5.67. The van der Waals surface area contributed by atoms with Crippen molar-refractivity contribution >= 4 is 15.9 Å². The van der Waals surface area contributed by atoms with Crippen LogP contribution in [0.25, 0.3) is 0 Å². The van der Waals surface area contributed by atoms with Crippen LogP contribution in [0.3, 0.4) is 0 Å². The molecule has 1 fully saturated rings. The molecular weight excluding hydrogens is 456 g/mol. The SMILES string of the molecule is COc1cccc(CN(CC2CCCO2)C(=O)c2ccc(S(=O)(=O)NCc3ccco3)cc2)c1. The van der Waals surface area contributed by atoms with Gasteiger partial charge in [0.05, 0.1) is 30.9 Å². The predicted octanol–water partition coefficient (Wildman–Crippen LogP) is 3.59. The zero-order valence-corrected chi connectivity index (χ0v) is 19.8. The first-order chi connectivity index (χ1) is 16.4. The van der Waals surface area contributed by atoms with Gasteiger partial charge in [0, 0.05) is 25.3 Å². The number of sulfonamides is 1. The summed E-state index contributed by atoms with van der Waals surface area (Å²) in [5.41, 5.74) is 1.35. The first-order valence-corrected chi connectivity index (χ1v) is 12.6. The second kappa shape index (κ2) is 10.9. The first kappa shape index (κ1) is 24.0. The van der Waals surface area contributed by atoms with Crippen LogP contribution in [0, 0.1) is 0 Å². The Bertz CT molecular complexity index is 1190. The van der Waals surface area contributed by atoms with E-state index in [1.165, 1.54) is 30.5 Å². The van der Waals surface area contributed by atoms with Crippen molar-refractivity contribution in [3.05, 3.63) is 83.8 Å². The number of rotatable bonds is 10. The maximum absolute atomic E-state index is 13.4. The minimum Gasteiger partial charge on any atom is -0.497 e. The quantitative estimate of drug-likeness (QED) is 0.472. The zero-order chi connectivity index (χ0) is 24.0. The van der Waals surface area contributed by atoms with Gasteiger partial charge in [0.1, 0.15) is 11.5 Å². The van der Waals surface area contributed by atoms with E-state index in [2.05, 4.69) is 4.72 Å². The van der Waals surface area contributed by atoms with Crippen molar-refractivity contribution in [1.29, 1.82) is 0 Å². The van der Waals surface area contributed by atoms with E-state index in [1.807, 2.05) is 24.3 Å². The molecule has 1 atom stereocenters. The smallest absolute Gasteiger partial charge is 0.254 e. The molecule has 1 N–H and O–H groups in total. The fraction of sp³-hybridized carbons (Fsp3) is 0.320. The van der Waals surface area contributed by atoms with Gasteiger partial charge in [0.15, 0.2) is 0 Å². The lowest BCUT2D eigenvalue weighted by atomic mass is 10.1. The average molecular weight is 485 g/mol. The highest BCUT2D eigenvalue weighted by Gasteiger charge is 2.24. The lowest BCUT2D eigenvalue weighted by molar-refractivity contribution is 0.0507. The van der Waals surface area contributed by atoms with Crippen LogP contribution in [0.4, 0.5) is 0 Å². The molecule has 0 bridgehead atoms. The molecule has 1 amide bonds. The van der Waals surface area contributed by atoms with Gasteiger partial charge >= 0.3 is 0 Å². The molecule has 0 radical (unpaired) electrons. The Labute approximate surface area is 199 Å². The average Bonchev–Trinajstić information content (AvgIpc) is 3.57. The Morgan fingerprint density at radius 2 is 1.97 bits per heavy atom. The van der Waals surface area contributed by atoms with E-state index in [0.717, 1.165) is 24.2 Å². The monoisotopic (exact) mass is 484 g/mol. The van der Waals surface area contributed by atoms with Crippen molar-refractivity contribution in [2.45, 2.75) is 36.9 Å². The molecule has 34 heavy (non-hydrogen) atoms. The fourth-order valence-electron chi connectivity index (χ4n) is 3.87. The maximum Gasteiger partial charge on any atom is 0.254 e. The minimum atomic E-state index is -3.74. The van der Waals surface area contributed by atoms with Gasteiger partial charge in [-0.1, -0.05) is 12.1 Å². The topological polar surface area (TPSA) is 98.1 Å². The number of hydrogen-bond acceptors (Lipinski definition) is 6. The number of nitrogens with zero attached hydrogens (tertiary/aromatic N) is 1. The minimum absolute atomic E-state index is 0.0139. The van der Waals surface area contributed by atoms with Gasteiger partial charge in [-0.05, 0) is 66.9 Å². The number of benzene rings is 2. The summed E-state index contributed by atoms with van der Waals surface area (Å²) in [5.74, 6) is 1.04. The second-order valence-corrected chi connectivity index (χ2v) is 9.87. The zero-order valence-electron chi connectivity index (χ0n) is 19.0. The Morgan fingerprint density at radius 3 is 2.65 bits per heavy atom. The van der Waals surface area contributed by atoms with Gasteiger partial charge < -0.3 is 18.8 Å². The third-order valence-corrected chi connectivity index (χ3v) is 7.09. The molecule has 8 nitrogen and oxygen atoms in total. The standard InChI is InChI=1S/C25H28N2O6S/c1-31-21-6-2-5-19(15-21)17-27(18-23-8-4-14-33-23)25(28)20-9-11-24(12-10-20)34(29,30)26-16-22-7-3-13-32-22/h2-3,5-7,9-13,15,23,26H,4,8,14,16-18H2,1H3. The molecule has 1 saturated heterocycles. The summed E-state index contributed by atoms with van der Waals surface area (Å²) in [7, 11) is -2.14. The van der Waals surface area contributed by atoms with Gasteiger partial charge in [-0.2, -0.15) is 0 Å². The molecule has 2 heterocycles. The summed E-state index contributed by atoms with van der Waals surface area (Å²) < 4.78 is 43.9. The Morgan fingerprint density at radius 1 is 1.15 bits per heavy atom. The van der Waals surface area contributed by atoms with E-state index < -0.39 is 10.0 Å². The number of methoxy groups -OCH3 is 1. The maximum atomic E-state index is 13.4. The summed E-state index contributed by atoms with van der Waals surface area (Å²) in [5, 5.41) is 0. The molecule has 9 heteroatoms. The molecule has 1 aromatic heterocycles. The fourth-order valence-corrected chi connectivity index (χ4v) is 4.86. The molecule has 2 aromatic carbocycles. The highest BCUT2D eigenvalue weighted by Crippen LogP contribution is 2.20. The van der Waals surface area contributed by atoms with Crippen molar-refractivity contribution in [2.75, 3.05) is 20.3 Å². The van der Waals surface area contributed by atoms with Crippen LogP contribution in [0.5, 0.6) is 5.75 Å². The van der Waals surface area contributed by atoms with Crippen molar-refractivity contribution in [3.8, 4) is 5.75 Å². The Hall–Kier alpha value is -3.14. The molecule has 0 spiro atoms. The predicted molar refractivity (Wildman–Crippen MR) is 126 cm³/mol. The van der Waals surface area contributed by atoms with Gasteiger partial charge in [0.25, 0.3) is 5.91 Å². The molecule has 1 unspecified atom stereocenters. The van der Waals surface area contributed by atoms with Gasteiger partial charge in [-0.25, -0.2) is 13.1 Å². The van der Waals surface area contributed by atoms with E-state index in [-0.39, 0.29) is 23.5 Å². The Kier molecular flexibility index (Phi) is 7.66. The highest BCUT2D eigenvalue weighted by atomic mass is 32.2. The molecule has 4 rings (SSSR count). The molecule has 1 aliphatic rings. The van der Waals surface area contributed by atoms with E-state index >= 15 is 0 Å². The molecule has 3 aromatic rings. The van der Waals surface area contributed by atoms with Gasteiger partial charge in [0.2, 0.25) is 10.0 Å². The number of amides is 1. The van der Waals surface area contributed by atoms with Crippen LogP contribution < -0.4 is 9.46 Å². The third kappa shape index (κ3) is 6.05. The lowest BCUT2D eigenvalue weighted by Crippen LogP contribution is -2.37. The second-order valence-electron chi connectivity index (χ2n) is 8.10. The van der Waals surface area contributed by atoms with Gasteiger partial charge in [-0.15, -0.1) is 0 Å². The van der Waals surface area contributed by atoms with Crippen LogP contribution in [0.15, 0.2) is 76.2 Å². The number of furan rings is 1. The largest absolute Gasteiger partial charge is 0.497 e. The van der Waals surface area contributed by atoms with Crippen LogP contribution in [0.1, 0.15) is 34.5 Å². The normalized spacial score (nSPS) is 15.9. The van der Waals surface area contributed by atoms with E-state index in [0.29, 0.717) is 31.0 Å². The van der Waals surface area contributed by atoms with Crippen molar-refractivity contribution < 1.29 is 27.1 Å². The number of ether oxygens (including phenoxy) is 2. The van der Waals surface area contributed by atoms with E-state index in [1.54, 1.807) is 24.1 Å². The number of nitrogens with one attached hydrogen (secondary N) is 1. The molecule has 0 aliphatic carbocycles. The van der Waals surface area contributed by atoms with Crippen molar-refractivity contribution in [3.63, 3.8) is 0 Å². The lowest BCUT2D eigenvalue weighted by Gasteiger charge is -2.26. The van der Waals surface area contributed by atoms with Crippen molar-refractivity contribution in [1.82, 2.24) is 9.62 Å². The summed E-state index contributed by atoms with van der Waals surface area (Å²) in [6.45, 7) is 1.59. The first-order valence-electron chi connectivity index (χ1n) is 11.1. The number of carbonyl (C=O) groups excluding carboxylic acids is 1. The summed E-state index contributed by atoms with van der Waals surface area (Å²) in [4.78, 5) is 15.2. The summed E-state index contributed by atoms with van der Waals surface area (Å²) in [6.07, 6.45) is 3.35. The van der Waals surface area contributed by atoms with Crippen LogP contribution >= 0.6 is 0 Å². The van der Waals surface area contributed by atoms with Crippen molar-refractivity contribution in [2.24, 2.45) is 0 Å². The molecule has 180 valence electrons. The van der Waals surface area contributed by atoms with E-state index in [9.17, 15) is 13.2 Å². The Balaban J connectivity index is 1.49. The highest BCUT2D eigenvalue weighted by molar-refractivity contribution is 7.89.